The molecule has 0 radical (unpaired) electrons. The first kappa shape index (κ1) is 21.3. The molecule has 150 valence electrons. The third kappa shape index (κ3) is 5.26. The molecule has 0 unspecified atom stereocenters. The first-order valence-corrected chi connectivity index (χ1v) is 9.37. The molecule has 1 aromatic carbocycles. The number of fused-ring (bicyclic) bond motifs is 1. The average molecular weight is 380 g/mol. The number of aliphatic hydroxyl groups is 1. The number of likely N-dealkylation sites (tertiary alicyclic amines) is 2. The maximum Gasteiger partial charge on any atom is 0.290 e. The molecule has 1 aromatic rings. The van der Waals surface area contributed by atoms with E-state index in [2.05, 4.69) is 11.9 Å². The SMILES string of the molecule is CN1CCC[C@]2(CO)CCN(C(=O)CCc3cccc(F)c3)C[C@@H]12.O=CO. The minimum atomic E-state index is -0.255. The summed E-state index contributed by atoms with van der Waals surface area (Å²) in [6, 6.07) is 6.70. The van der Waals surface area contributed by atoms with Crippen LogP contribution in [0.5, 0.6) is 0 Å². The lowest BCUT2D eigenvalue weighted by Crippen LogP contribution is -2.62. The highest BCUT2D eigenvalue weighted by Gasteiger charge is 2.47. The maximum atomic E-state index is 13.2. The molecule has 1 amide bonds. The molecule has 27 heavy (non-hydrogen) atoms. The zero-order valence-corrected chi connectivity index (χ0v) is 15.8. The Kier molecular flexibility index (Phi) is 7.74. The molecule has 2 aliphatic rings. The van der Waals surface area contributed by atoms with Gasteiger partial charge in [-0.3, -0.25) is 9.59 Å². The largest absolute Gasteiger partial charge is 0.483 e. The molecular formula is C20H29FN2O4. The fraction of sp³-hybridized carbons (Fsp3) is 0.600. The summed E-state index contributed by atoms with van der Waals surface area (Å²) in [5.74, 6) is -0.126. The van der Waals surface area contributed by atoms with Crippen molar-refractivity contribution in [3.8, 4) is 0 Å². The third-order valence-electron chi connectivity index (χ3n) is 5.88. The molecule has 0 aliphatic carbocycles. The Labute approximate surface area is 159 Å². The van der Waals surface area contributed by atoms with Crippen LogP contribution < -0.4 is 0 Å². The summed E-state index contributed by atoms with van der Waals surface area (Å²) >= 11 is 0. The molecule has 0 saturated carbocycles. The fourth-order valence-electron chi connectivity index (χ4n) is 4.34. The van der Waals surface area contributed by atoms with Crippen molar-refractivity contribution in [1.29, 1.82) is 0 Å². The maximum absolute atomic E-state index is 13.2. The van der Waals surface area contributed by atoms with Crippen LogP contribution >= 0.6 is 0 Å². The topological polar surface area (TPSA) is 81.1 Å². The number of halogens is 1. The first-order valence-electron chi connectivity index (χ1n) is 9.37. The Hall–Kier alpha value is -1.99. The molecule has 0 aromatic heterocycles. The Morgan fingerprint density at radius 3 is 2.78 bits per heavy atom. The molecule has 3 rings (SSSR count). The molecule has 2 aliphatic heterocycles. The Balaban J connectivity index is 0.000000817. The van der Waals surface area contributed by atoms with E-state index < -0.39 is 0 Å². The molecule has 2 fully saturated rings. The Morgan fingerprint density at radius 2 is 2.11 bits per heavy atom. The second kappa shape index (κ2) is 9.80. The number of hydrogen-bond acceptors (Lipinski definition) is 4. The van der Waals surface area contributed by atoms with Gasteiger partial charge in [0, 0.05) is 31.0 Å². The first-order chi connectivity index (χ1) is 13.0. The van der Waals surface area contributed by atoms with Crippen LogP contribution in [0.3, 0.4) is 0 Å². The number of aryl methyl sites for hydroxylation is 1. The molecule has 2 heterocycles. The predicted molar refractivity (Wildman–Crippen MR) is 99.8 cm³/mol. The van der Waals surface area contributed by atoms with Gasteiger partial charge in [-0.1, -0.05) is 12.1 Å². The normalized spacial score (nSPS) is 25.1. The number of carboxylic acid groups (broad SMARTS) is 1. The minimum absolute atomic E-state index is 0.0493. The highest BCUT2D eigenvalue weighted by atomic mass is 19.1. The standard InChI is InChI=1S/C19H27FN2O2.CH2O2/c1-21-10-3-8-19(14-23)9-11-22(13-17(19)21)18(24)7-6-15-4-2-5-16(20)12-15;2-1-3/h2,4-5,12,17,23H,3,6-11,13-14H2,1H3;1H,(H,2,3)/t17-,19-;/m1./s1. The second-order valence-electron chi connectivity index (χ2n) is 7.45. The average Bonchev–Trinajstić information content (AvgIpc) is 2.67. The molecule has 2 saturated heterocycles. The van der Waals surface area contributed by atoms with Crippen LogP contribution in [-0.4, -0.2) is 71.7 Å². The smallest absolute Gasteiger partial charge is 0.290 e. The number of rotatable bonds is 4. The molecular weight excluding hydrogens is 351 g/mol. The lowest BCUT2D eigenvalue weighted by atomic mass is 9.69. The van der Waals surface area contributed by atoms with E-state index in [-0.39, 0.29) is 36.3 Å². The van der Waals surface area contributed by atoms with Gasteiger partial charge < -0.3 is 20.0 Å². The van der Waals surface area contributed by atoms with Crippen molar-refractivity contribution in [3.63, 3.8) is 0 Å². The number of piperidine rings is 2. The summed E-state index contributed by atoms with van der Waals surface area (Å²) in [4.78, 5) is 25.2. The second-order valence-corrected chi connectivity index (χ2v) is 7.45. The fourth-order valence-corrected chi connectivity index (χ4v) is 4.34. The summed E-state index contributed by atoms with van der Waals surface area (Å²) in [7, 11) is 2.09. The number of carbonyl (C=O) groups is 2. The number of likely N-dealkylation sites (N-methyl/N-ethyl adjacent to an activating group) is 1. The van der Waals surface area contributed by atoms with Crippen molar-refractivity contribution >= 4 is 12.4 Å². The summed E-state index contributed by atoms with van der Waals surface area (Å²) in [6.07, 6.45) is 4.00. The van der Waals surface area contributed by atoms with Gasteiger partial charge in [-0.25, -0.2) is 4.39 Å². The Bertz CT molecular complexity index is 642. The van der Waals surface area contributed by atoms with Gasteiger partial charge in [0.05, 0.1) is 6.61 Å². The summed E-state index contributed by atoms with van der Waals surface area (Å²) in [5.41, 5.74) is 0.812. The summed E-state index contributed by atoms with van der Waals surface area (Å²) in [5, 5.41) is 16.8. The van der Waals surface area contributed by atoms with Crippen LogP contribution in [0.2, 0.25) is 0 Å². The van der Waals surface area contributed by atoms with Crippen molar-refractivity contribution in [2.45, 2.75) is 38.1 Å². The van der Waals surface area contributed by atoms with E-state index >= 15 is 0 Å². The van der Waals surface area contributed by atoms with E-state index in [0.717, 1.165) is 31.4 Å². The van der Waals surface area contributed by atoms with Gasteiger partial charge in [-0.15, -0.1) is 0 Å². The quantitative estimate of drug-likeness (QED) is 0.778. The zero-order valence-electron chi connectivity index (χ0n) is 15.8. The third-order valence-corrected chi connectivity index (χ3v) is 5.88. The summed E-state index contributed by atoms with van der Waals surface area (Å²) < 4.78 is 13.2. The van der Waals surface area contributed by atoms with Gasteiger partial charge in [0.25, 0.3) is 6.47 Å². The van der Waals surface area contributed by atoms with E-state index in [9.17, 15) is 14.3 Å². The highest BCUT2D eigenvalue weighted by molar-refractivity contribution is 5.76. The minimum Gasteiger partial charge on any atom is -0.483 e. The molecule has 6 nitrogen and oxygen atoms in total. The molecule has 2 atom stereocenters. The van der Waals surface area contributed by atoms with Crippen LogP contribution in [-0.2, 0) is 16.0 Å². The van der Waals surface area contributed by atoms with E-state index in [1.165, 1.54) is 12.1 Å². The summed E-state index contributed by atoms with van der Waals surface area (Å²) in [6.45, 7) is 2.39. The number of benzene rings is 1. The monoisotopic (exact) mass is 380 g/mol. The van der Waals surface area contributed by atoms with E-state index in [1.54, 1.807) is 6.07 Å². The highest BCUT2D eigenvalue weighted by Crippen LogP contribution is 2.41. The van der Waals surface area contributed by atoms with Crippen molar-refractivity contribution in [1.82, 2.24) is 9.80 Å². The van der Waals surface area contributed by atoms with Crippen LogP contribution in [0.25, 0.3) is 0 Å². The van der Waals surface area contributed by atoms with Crippen LogP contribution in [0.15, 0.2) is 24.3 Å². The van der Waals surface area contributed by atoms with Gasteiger partial charge in [0.1, 0.15) is 5.82 Å². The van der Waals surface area contributed by atoms with Gasteiger partial charge in [0.2, 0.25) is 5.91 Å². The van der Waals surface area contributed by atoms with Crippen molar-refractivity contribution in [2.75, 3.05) is 33.3 Å². The number of hydrogen-bond donors (Lipinski definition) is 2. The van der Waals surface area contributed by atoms with E-state index in [4.69, 9.17) is 9.90 Å². The lowest BCUT2D eigenvalue weighted by molar-refractivity contribution is -0.139. The van der Waals surface area contributed by atoms with Gasteiger partial charge in [0.15, 0.2) is 0 Å². The predicted octanol–water partition coefficient (Wildman–Crippen LogP) is 1.76. The van der Waals surface area contributed by atoms with E-state index in [0.29, 0.717) is 25.9 Å². The van der Waals surface area contributed by atoms with Crippen LogP contribution in [0.4, 0.5) is 4.39 Å². The lowest BCUT2D eigenvalue weighted by Gasteiger charge is -2.53. The zero-order chi connectivity index (χ0) is 19.9. The molecule has 7 heteroatoms. The molecule has 0 bridgehead atoms. The van der Waals surface area contributed by atoms with Gasteiger partial charge >= 0.3 is 0 Å². The number of carbonyl (C=O) groups excluding carboxylic acids is 1. The van der Waals surface area contributed by atoms with Gasteiger partial charge in [-0.2, -0.15) is 0 Å². The molecule has 2 N–H and O–H groups in total. The van der Waals surface area contributed by atoms with Crippen molar-refractivity contribution in [3.05, 3.63) is 35.6 Å². The number of nitrogens with zero attached hydrogens (tertiary/aromatic N) is 2. The van der Waals surface area contributed by atoms with Crippen molar-refractivity contribution < 1.29 is 24.2 Å². The number of amides is 1. The number of aliphatic hydroxyl groups excluding tert-OH is 1. The van der Waals surface area contributed by atoms with Crippen LogP contribution in [0, 0.1) is 11.2 Å². The van der Waals surface area contributed by atoms with Crippen molar-refractivity contribution in [2.24, 2.45) is 5.41 Å². The van der Waals surface area contributed by atoms with E-state index in [1.807, 2.05) is 11.0 Å². The van der Waals surface area contributed by atoms with Crippen LogP contribution in [0.1, 0.15) is 31.2 Å². The Morgan fingerprint density at radius 1 is 1.37 bits per heavy atom. The molecule has 0 spiro atoms. The van der Waals surface area contributed by atoms with Gasteiger partial charge in [-0.05, 0) is 57.0 Å².